The number of hydrogen-bond acceptors (Lipinski definition) is 5. The number of thioether (sulfide) groups is 1. The highest BCUT2D eigenvalue weighted by Crippen LogP contribution is 2.39. The van der Waals surface area contributed by atoms with Gasteiger partial charge in [-0.25, -0.2) is 4.79 Å². The first-order chi connectivity index (χ1) is 8.90. The minimum absolute atomic E-state index is 0.130. The van der Waals surface area contributed by atoms with E-state index in [4.69, 9.17) is 14.6 Å². The van der Waals surface area contributed by atoms with Crippen LogP contribution in [-0.2, 0) is 4.79 Å². The van der Waals surface area contributed by atoms with Crippen LogP contribution in [0.2, 0.25) is 0 Å². The third-order valence-electron chi connectivity index (χ3n) is 2.40. The average Bonchev–Trinajstić information content (AvgIpc) is 2.35. The second kappa shape index (κ2) is 6.68. The van der Waals surface area contributed by atoms with E-state index in [1.807, 2.05) is 13.8 Å². The molecule has 19 heavy (non-hydrogen) atoms. The zero-order valence-electron chi connectivity index (χ0n) is 11.3. The molecule has 2 N–H and O–H groups in total. The Kier molecular flexibility index (Phi) is 5.50. The van der Waals surface area contributed by atoms with Crippen LogP contribution in [0.15, 0.2) is 17.0 Å². The lowest BCUT2D eigenvalue weighted by Crippen LogP contribution is -2.13. The van der Waals surface area contributed by atoms with Gasteiger partial charge in [0.2, 0.25) is 0 Å². The highest BCUT2D eigenvalue weighted by molar-refractivity contribution is 7.99. The van der Waals surface area contributed by atoms with Crippen LogP contribution in [0, 0.1) is 0 Å². The van der Waals surface area contributed by atoms with E-state index in [0.29, 0.717) is 16.7 Å². The number of aliphatic carboxylic acids is 1. The number of methoxy groups -OCH3 is 2. The van der Waals surface area contributed by atoms with Crippen LogP contribution in [-0.4, -0.2) is 35.7 Å². The molecule has 1 unspecified atom stereocenters. The molecule has 0 spiro atoms. The number of carboxylic acids is 1. The molecule has 1 atom stereocenters. The summed E-state index contributed by atoms with van der Waals surface area (Å²) in [6.45, 7) is 4.09. The number of aliphatic hydroxyl groups is 1. The predicted octanol–water partition coefficient (Wildman–Crippen LogP) is 2.32. The lowest BCUT2D eigenvalue weighted by molar-refractivity contribution is -0.147. The van der Waals surface area contributed by atoms with E-state index in [-0.39, 0.29) is 5.56 Å². The first kappa shape index (κ1) is 15.7. The second-order valence-electron chi connectivity index (χ2n) is 4.15. The topological polar surface area (TPSA) is 76.0 Å². The Balaban J connectivity index is 3.33. The molecule has 0 fully saturated rings. The molecule has 1 aromatic rings. The van der Waals surface area contributed by atoms with Crippen molar-refractivity contribution in [3.05, 3.63) is 17.7 Å². The molecular formula is C13H18O5S. The molecule has 1 aromatic carbocycles. The molecule has 0 aromatic heterocycles. The molecule has 0 bridgehead atoms. The quantitative estimate of drug-likeness (QED) is 0.782. The number of hydrogen-bond donors (Lipinski definition) is 2. The van der Waals surface area contributed by atoms with Crippen molar-refractivity contribution >= 4 is 17.7 Å². The molecule has 0 aliphatic carbocycles. The lowest BCUT2D eigenvalue weighted by Gasteiger charge is -2.17. The third-order valence-corrected chi connectivity index (χ3v) is 3.38. The van der Waals surface area contributed by atoms with Gasteiger partial charge < -0.3 is 19.7 Å². The van der Waals surface area contributed by atoms with Crippen molar-refractivity contribution in [3.8, 4) is 11.5 Å². The molecule has 0 aliphatic rings. The van der Waals surface area contributed by atoms with Gasteiger partial charge in [-0.05, 0) is 12.1 Å². The molecule has 1 rings (SSSR count). The van der Waals surface area contributed by atoms with Crippen LogP contribution in [0.25, 0.3) is 0 Å². The molecule has 0 aliphatic heterocycles. The highest BCUT2D eigenvalue weighted by atomic mass is 32.2. The first-order valence-electron chi connectivity index (χ1n) is 5.74. The zero-order valence-corrected chi connectivity index (χ0v) is 12.2. The van der Waals surface area contributed by atoms with Gasteiger partial charge >= 0.3 is 5.97 Å². The Morgan fingerprint density at radius 3 is 2.00 bits per heavy atom. The zero-order chi connectivity index (χ0) is 14.6. The van der Waals surface area contributed by atoms with Gasteiger partial charge in [0, 0.05) is 10.1 Å². The van der Waals surface area contributed by atoms with Crippen molar-refractivity contribution in [2.24, 2.45) is 0 Å². The maximum absolute atomic E-state index is 10.9. The van der Waals surface area contributed by atoms with E-state index in [1.54, 1.807) is 23.9 Å². The van der Waals surface area contributed by atoms with Crippen LogP contribution in [0.3, 0.4) is 0 Å². The number of carboxylic acid groups (broad SMARTS) is 1. The summed E-state index contributed by atoms with van der Waals surface area (Å²) in [6, 6.07) is 3.41. The highest BCUT2D eigenvalue weighted by Gasteiger charge is 2.26. The molecule has 0 radical (unpaired) electrons. The molecular weight excluding hydrogens is 268 g/mol. The van der Waals surface area contributed by atoms with Crippen molar-refractivity contribution < 1.29 is 24.5 Å². The second-order valence-corrected chi connectivity index (χ2v) is 5.80. The fourth-order valence-electron chi connectivity index (χ4n) is 1.65. The summed E-state index contributed by atoms with van der Waals surface area (Å²) in [6.07, 6.45) is -1.68. The number of ether oxygens (including phenoxy) is 2. The molecule has 5 nitrogen and oxygen atoms in total. The van der Waals surface area contributed by atoms with Crippen LogP contribution in [0.4, 0.5) is 0 Å². The molecule has 106 valence electrons. The van der Waals surface area contributed by atoms with Gasteiger partial charge in [0.05, 0.1) is 19.8 Å². The fraction of sp³-hybridized carbons (Fsp3) is 0.462. The smallest absolute Gasteiger partial charge is 0.337 e. The summed E-state index contributed by atoms with van der Waals surface area (Å²) in [5, 5.41) is 19.0. The van der Waals surface area contributed by atoms with Crippen molar-refractivity contribution in [1.29, 1.82) is 0 Å². The predicted molar refractivity (Wildman–Crippen MR) is 73.1 cm³/mol. The number of rotatable bonds is 6. The number of carbonyl (C=O) groups is 1. The summed E-state index contributed by atoms with van der Waals surface area (Å²) >= 11 is 1.60. The Morgan fingerprint density at radius 1 is 1.21 bits per heavy atom. The summed E-state index contributed by atoms with van der Waals surface area (Å²) in [4.78, 5) is 11.8. The first-order valence-corrected chi connectivity index (χ1v) is 6.62. The van der Waals surface area contributed by atoms with Crippen LogP contribution < -0.4 is 9.47 Å². The summed E-state index contributed by atoms with van der Waals surface area (Å²) < 4.78 is 10.3. The number of benzene rings is 1. The van der Waals surface area contributed by atoms with E-state index < -0.39 is 12.1 Å². The monoisotopic (exact) mass is 286 g/mol. The van der Waals surface area contributed by atoms with E-state index >= 15 is 0 Å². The van der Waals surface area contributed by atoms with E-state index in [1.165, 1.54) is 14.2 Å². The molecule has 0 saturated carbocycles. The van der Waals surface area contributed by atoms with E-state index in [2.05, 4.69) is 0 Å². The fourth-order valence-corrected chi connectivity index (χ4v) is 2.54. The maximum atomic E-state index is 10.9. The van der Waals surface area contributed by atoms with Gasteiger partial charge in [0.25, 0.3) is 0 Å². The van der Waals surface area contributed by atoms with Crippen LogP contribution in [0.1, 0.15) is 25.5 Å². The largest absolute Gasteiger partial charge is 0.496 e. The van der Waals surface area contributed by atoms with Crippen molar-refractivity contribution in [1.82, 2.24) is 0 Å². The van der Waals surface area contributed by atoms with Gasteiger partial charge in [0.1, 0.15) is 11.5 Å². The Labute approximate surface area is 116 Å². The maximum Gasteiger partial charge on any atom is 0.337 e. The van der Waals surface area contributed by atoms with Crippen LogP contribution in [0.5, 0.6) is 11.5 Å². The average molecular weight is 286 g/mol. The minimum atomic E-state index is -1.68. The van der Waals surface area contributed by atoms with Crippen LogP contribution >= 0.6 is 11.8 Å². The molecule has 0 saturated heterocycles. The SMILES string of the molecule is COc1cc(SC(C)C)cc(OC)c1C(O)C(=O)O. The van der Waals surface area contributed by atoms with E-state index in [0.717, 1.165) is 4.90 Å². The van der Waals surface area contributed by atoms with Gasteiger partial charge in [0.15, 0.2) is 6.10 Å². The summed E-state index contributed by atoms with van der Waals surface area (Å²) in [7, 11) is 2.85. The molecule has 0 amide bonds. The third kappa shape index (κ3) is 3.78. The van der Waals surface area contributed by atoms with Crippen molar-refractivity contribution in [3.63, 3.8) is 0 Å². The number of aliphatic hydroxyl groups excluding tert-OH is 1. The Bertz CT molecular complexity index is 433. The summed E-state index contributed by atoms with van der Waals surface area (Å²) in [5.41, 5.74) is 0.130. The van der Waals surface area contributed by atoms with Gasteiger partial charge in [-0.3, -0.25) is 0 Å². The standard InChI is InChI=1S/C13H18O5S/c1-7(2)19-8-5-9(17-3)11(10(6-8)18-4)12(14)13(15)16/h5-7,12,14H,1-4H3,(H,15,16). The molecule has 0 heterocycles. The van der Waals surface area contributed by atoms with Crippen molar-refractivity contribution in [2.45, 2.75) is 30.1 Å². The normalized spacial score (nSPS) is 12.3. The summed E-state index contributed by atoms with van der Waals surface area (Å²) in [5.74, 6) is -0.740. The molecule has 6 heteroatoms. The minimum Gasteiger partial charge on any atom is -0.496 e. The Morgan fingerprint density at radius 2 is 1.68 bits per heavy atom. The van der Waals surface area contributed by atoms with Gasteiger partial charge in [-0.2, -0.15) is 0 Å². The van der Waals surface area contributed by atoms with Crippen molar-refractivity contribution in [2.75, 3.05) is 14.2 Å². The Hall–Kier alpha value is -1.40. The van der Waals surface area contributed by atoms with E-state index in [9.17, 15) is 9.90 Å². The van der Waals surface area contributed by atoms with Gasteiger partial charge in [-0.15, -0.1) is 11.8 Å². The van der Waals surface area contributed by atoms with Gasteiger partial charge in [-0.1, -0.05) is 13.8 Å². The lowest BCUT2D eigenvalue weighted by atomic mass is 10.1.